The summed E-state index contributed by atoms with van der Waals surface area (Å²) in [7, 11) is 0. The molecule has 0 spiro atoms. The molecule has 0 aromatic heterocycles. The molecule has 0 bridgehead atoms. The van der Waals surface area contributed by atoms with Crippen molar-refractivity contribution in [2.75, 3.05) is 56.0 Å². The average Bonchev–Trinajstić information content (AvgIpc) is 2.84. The van der Waals surface area contributed by atoms with Crippen LogP contribution in [0.15, 0.2) is 48.5 Å². The van der Waals surface area contributed by atoms with Crippen molar-refractivity contribution in [3.05, 3.63) is 64.2 Å². The Hall–Kier alpha value is -3.46. The van der Waals surface area contributed by atoms with Gasteiger partial charge in [0.2, 0.25) is 5.91 Å². The highest BCUT2D eigenvalue weighted by molar-refractivity contribution is 5.96. The number of piperazine rings is 1. The molecule has 9 nitrogen and oxygen atoms in total. The number of carbonyl (C=O) groups is 2. The number of hydrogen-bond donors (Lipinski definition) is 1. The smallest absolute Gasteiger partial charge is 0.293 e. The van der Waals surface area contributed by atoms with E-state index < -0.39 is 4.92 Å². The predicted molar refractivity (Wildman–Crippen MR) is 131 cm³/mol. The number of hydrogen-bond acceptors (Lipinski definition) is 6. The van der Waals surface area contributed by atoms with Crippen molar-refractivity contribution >= 4 is 28.9 Å². The second-order valence-electron chi connectivity index (χ2n) is 9.14. The van der Waals surface area contributed by atoms with Crippen molar-refractivity contribution in [3.63, 3.8) is 0 Å². The fraction of sp³-hybridized carbons (Fsp3) is 0.440. The monoisotopic (exact) mass is 465 g/mol. The zero-order chi connectivity index (χ0) is 24.1. The van der Waals surface area contributed by atoms with Crippen molar-refractivity contribution in [1.82, 2.24) is 9.80 Å². The number of anilines is 2. The zero-order valence-corrected chi connectivity index (χ0v) is 19.5. The Labute approximate surface area is 199 Å². The number of rotatable bonds is 6. The van der Waals surface area contributed by atoms with Crippen LogP contribution in [-0.4, -0.2) is 72.4 Å². The van der Waals surface area contributed by atoms with E-state index in [2.05, 4.69) is 17.1 Å². The van der Waals surface area contributed by atoms with Crippen LogP contribution in [-0.2, 0) is 4.79 Å². The molecule has 34 heavy (non-hydrogen) atoms. The van der Waals surface area contributed by atoms with Crippen LogP contribution >= 0.6 is 0 Å². The van der Waals surface area contributed by atoms with Crippen LogP contribution in [0.2, 0.25) is 0 Å². The number of piperidine rings is 1. The van der Waals surface area contributed by atoms with E-state index in [9.17, 15) is 19.7 Å². The maximum Gasteiger partial charge on any atom is 0.293 e. The third-order valence-electron chi connectivity index (χ3n) is 6.50. The molecule has 2 fully saturated rings. The van der Waals surface area contributed by atoms with Gasteiger partial charge < -0.3 is 15.1 Å². The number of nitro benzene ring substituents is 1. The lowest BCUT2D eigenvalue weighted by molar-refractivity contribution is -0.384. The van der Waals surface area contributed by atoms with E-state index in [0.717, 1.165) is 31.6 Å². The molecule has 2 amide bonds. The van der Waals surface area contributed by atoms with Crippen molar-refractivity contribution in [2.24, 2.45) is 5.92 Å². The maximum absolute atomic E-state index is 13.1. The molecule has 0 radical (unpaired) electrons. The molecule has 2 saturated heterocycles. The summed E-state index contributed by atoms with van der Waals surface area (Å²) in [6, 6.07) is 14.1. The first-order valence-corrected chi connectivity index (χ1v) is 11.8. The summed E-state index contributed by atoms with van der Waals surface area (Å²) in [5.74, 6) is 0.181. The van der Waals surface area contributed by atoms with Crippen LogP contribution in [0.4, 0.5) is 17.1 Å². The van der Waals surface area contributed by atoms with Gasteiger partial charge in [0, 0.05) is 56.6 Å². The summed E-state index contributed by atoms with van der Waals surface area (Å²) in [5.41, 5.74) is 1.65. The Kier molecular flexibility index (Phi) is 7.42. The fourth-order valence-corrected chi connectivity index (χ4v) is 4.70. The zero-order valence-electron chi connectivity index (χ0n) is 19.5. The molecule has 2 aromatic carbocycles. The van der Waals surface area contributed by atoms with Crippen LogP contribution in [0.1, 0.15) is 30.1 Å². The van der Waals surface area contributed by atoms with Crippen LogP contribution in [0.25, 0.3) is 0 Å². The largest absolute Gasteiger partial charge is 0.366 e. The Morgan fingerprint density at radius 2 is 1.79 bits per heavy atom. The third kappa shape index (κ3) is 5.72. The summed E-state index contributed by atoms with van der Waals surface area (Å²) in [6.45, 7) is 6.06. The predicted octanol–water partition coefficient (Wildman–Crippen LogP) is 3.23. The Balaban J connectivity index is 1.35. The van der Waals surface area contributed by atoms with Crippen LogP contribution in [0.5, 0.6) is 0 Å². The number of amides is 2. The van der Waals surface area contributed by atoms with E-state index in [-0.39, 0.29) is 24.0 Å². The summed E-state index contributed by atoms with van der Waals surface area (Å²) in [4.78, 5) is 42.5. The van der Waals surface area contributed by atoms with Gasteiger partial charge in [0.05, 0.1) is 11.5 Å². The number of nitrogens with zero attached hydrogens (tertiary/aromatic N) is 4. The number of nitro groups is 1. The molecule has 0 saturated carbocycles. The molecule has 2 aromatic rings. The van der Waals surface area contributed by atoms with Crippen molar-refractivity contribution in [3.8, 4) is 0 Å². The van der Waals surface area contributed by atoms with Crippen LogP contribution in [0.3, 0.4) is 0 Å². The van der Waals surface area contributed by atoms with Crippen molar-refractivity contribution in [2.45, 2.75) is 19.8 Å². The first kappa shape index (κ1) is 23.7. The minimum Gasteiger partial charge on any atom is -0.366 e. The van der Waals surface area contributed by atoms with Gasteiger partial charge in [0.25, 0.3) is 11.6 Å². The van der Waals surface area contributed by atoms with Gasteiger partial charge >= 0.3 is 0 Å². The molecule has 0 unspecified atom stereocenters. The lowest BCUT2D eigenvalue weighted by atomic mass is 9.99. The SMILES string of the molecule is C[C@H]1CCCN(c2ccc(C(=O)N3CCN(CC(=O)Nc4ccccc4)CC3)cc2[N+](=O)[O-])C1. The molecule has 9 heteroatoms. The first-order valence-electron chi connectivity index (χ1n) is 11.8. The lowest BCUT2D eigenvalue weighted by Gasteiger charge is -2.34. The number of para-hydroxylation sites is 1. The van der Waals surface area contributed by atoms with Gasteiger partial charge in [0.1, 0.15) is 5.69 Å². The topological polar surface area (TPSA) is 99.0 Å². The number of benzene rings is 2. The third-order valence-corrected chi connectivity index (χ3v) is 6.50. The van der Waals surface area contributed by atoms with Gasteiger partial charge in [0.15, 0.2) is 0 Å². The molecule has 1 atom stereocenters. The molecule has 2 aliphatic rings. The lowest BCUT2D eigenvalue weighted by Crippen LogP contribution is -2.50. The van der Waals surface area contributed by atoms with Crippen LogP contribution < -0.4 is 10.2 Å². The van der Waals surface area contributed by atoms with Crippen molar-refractivity contribution in [1.29, 1.82) is 0 Å². The number of carbonyl (C=O) groups excluding carboxylic acids is 2. The summed E-state index contributed by atoms with van der Waals surface area (Å²) in [5, 5.41) is 14.7. The molecule has 2 heterocycles. The molecule has 180 valence electrons. The second kappa shape index (κ2) is 10.6. The first-order chi connectivity index (χ1) is 16.4. The Morgan fingerprint density at radius 3 is 2.47 bits per heavy atom. The van der Waals surface area contributed by atoms with Gasteiger partial charge in [-0.25, -0.2) is 0 Å². The van der Waals surface area contributed by atoms with Gasteiger partial charge in [-0.15, -0.1) is 0 Å². The van der Waals surface area contributed by atoms with Crippen molar-refractivity contribution < 1.29 is 14.5 Å². The van der Waals surface area contributed by atoms with E-state index >= 15 is 0 Å². The molecule has 0 aliphatic carbocycles. The Bertz CT molecular complexity index is 1040. The second-order valence-corrected chi connectivity index (χ2v) is 9.14. The molecular formula is C25H31N5O4. The fourth-order valence-electron chi connectivity index (χ4n) is 4.70. The van der Waals surface area contributed by atoms with Gasteiger partial charge in [-0.05, 0) is 43.0 Å². The molecule has 2 aliphatic heterocycles. The minimum absolute atomic E-state index is 0.0174. The number of nitrogens with one attached hydrogen (secondary N) is 1. The Morgan fingerprint density at radius 1 is 1.06 bits per heavy atom. The summed E-state index contributed by atoms with van der Waals surface area (Å²) in [6.07, 6.45) is 2.13. The molecule has 4 rings (SSSR count). The van der Waals surface area contributed by atoms with Gasteiger partial charge in [-0.1, -0.05) is 25.1 Å². The van der Waals surface area contributed by atoms with Gasteiger partial charge in [-0.2, -0.15) is 0 Å². The van der Waals surface area contributed by atoms with E-state index in [1.165, 1.54) is 6.07 Å². The quantitative estimate of drug-likeness (QED) is 0.520. The van der Waals surface area contributed by atoms with Gasteiger partial charge in [-0.3, -0.25) is 24.6 Å². The summed E-state index contributed by atoms with van der Waals surface area (Å²) < 4.78 is 0. The minimum atomic E-state index is -0.394. The van der Waals surface area contributed by atoms with E-state index in [1.807, 2.05) is 35.2 Å². The maximum atomic E-state index is 13.1. The highest BCUT2D eigenvalue weighted by Gasteiger charge is 2.28. The molecule has 1 N–H and O–H groups in total. The van der Waals surface area contributed by atoms with E-state index in [0.29, 0.717) is 43.3 Å². The highest BCUT2D eigenvalue weighted by Crippen LogP contribution is 2.32. The summed E-state index contributed by atoms with van der Waals surface area (Å²) >= 11 is 0. The van der Waals surface area contributed by atoms with E-state index in [4.69, 9.17) is 0 Å². The highest BCUT2D eigenvalue weighted by atomic mass is 16.6. The normalized spacial score (nSPS) is 19.0. The molecular weight excluding hydrogens is 434 g/mol. The van der Waals surface area contributed by atoms with E-state index in [1.54, 1.807) is 17.0 Å². The average molecular weight is 466 g/mol. The standard InChI is InChI=1S/C25H31N5O4/c1-19-6-5-11-29(17-19)22-10-9-20(16-23(22)30(33)34)25(32)28-14-12-27(13-15-28)18-24(31)26-21-7-3-2-4-8-21/h2-4,7-10,16,19H,5-6,11-15,17-18H2,1H3,(H,26,31)/t19-/m0/s1. The van der Waals surface area contributed by atoms with Crippen LogP contribution in [0, 0.1) is 16.0 Å².